The zero-order chi connectivity index (χ0) is 8.81. The van der Waals surface area contributed by atoms with Gasteiger partial charge in [-0.3, -0.25) is 4.79 Å². The van der Waals surface area contributed by atoms with Gasteiger partial charge in [0.25, 0.3) is 0 Å². The highest BCUT2D eigenvalue weighted by atomic mass is 16.5. The van der Waals surface area contributed by atoms with Gasteiger partial charge in [0, 0.05) is 18.8 Å². The molecule has 0 N–H and O–H groups in total. The minimum Gasteiger partial charge on any atom is -0.469 e. The number of aromatic nitrogens is 2. The van der Waals surface area contributed by atoms with Crippen molar-refractivity contribution >= 4 is 5.97 Å². The van der Waals surface area contributed by atoms with E-state index in [-0.39, 0.29) is 5.97 Å². The number of hydrogen-bond acceptors (Lipinski definition) is 4. The molecule has 0 aromatic carbocycles. The van der Waals surface area contributed by atoms with Crippen LogP contribution in [0.5, 0.6) is 0 Å². The van der Waals surface area contributed by atoms with Gasteiger partial charge in [0.2, 0.25) is 0 Å². The van der Waals surface area contributed by atoms with Crippen LogP contribution in [0.15, 0.2) is 18.7 Å². The normalized spacial score (nSPS) is 9.42. The van der Waals surface area contributed by atoms with Crippen molar-refractivity contribution in [3.63, 3.8) is 0 Å². The van der Waals surface area contributed by atoms with Gasteiger partial charge in [-0.15, -0.1) is 0 Å². The summed E-state index contributed by atoms with van der Waals surface area (Å²) in [6.45, 7) is 0. The van der Waals surface area contributed by atoms with Crippen molar-refractivity contribution in [2.45, 2.75) is 12.8 Å². The number of ether oxygens (including phenoxy) is 1. The molecule has 0 spiro atoms. The van der Waals surface area contributed by atoms with E-state index in [1.807, 2.05) is 0 Å². The molecule has 0 amide bonds. The Bertz CT molecular complexity index is 248. The van der Waals surface area contributed by atoms with Crippen molar-refractivity contribution in [2.75, 3.05) is 7.11 Å². The Kier molecular flexibility index (Phi) is 3.19. The molecule has 0 saturated heterocycles. The number of methoxy groups -OCH3 is 1. The van der Waals surface area contributed by atoms with Crippen molar-refractivity contribution in [1.82, 2.24) is 9.97 Å². The molecule has 1 aromatic rings. The fourth-order valence-corrected chi connectivity index (χ4v) is 0.808. The van der Waals surface area contributed by atoms with Gasteiger partial charge in [-0.05, 0) is 12.0 Å². The monoisotopic (exact) mass is 166 g/mol. The summed E-state index contributed by atoms with van der Waals surface area (Å²) in [7, 11) is 1.38. The Morgan fingerprint density at radius 1 is 1.50 bits per heavy atom. The van der Waals surface area contributed by atoms with Crippen LogP contribution in [-0.4, -0.2) is 23.0 Å². The second-order valence-electron chi connectivity index (χ2n) is 2.32. The molecule has 1 aromatic heterocycles. The number of carbonyl (C=O) groups excluding carboxylic acids is 1. The van der Waals surface area contributed by atoms with Crippen LogP contribution in [0.25, 0.3) is 0 Å². The average Bonchev–Trinajstić information content (AvgIpc) is 2.16. The Morgan fingerprint density at radius 3 is 2.75 bits per heavy atom. The molecule has 64 valence electrons. The van der Waals surface area contributed by atoms with Crippen molar-refractivity contribution in [3.05, 3.63) is 24.3 Å². The van der Waals surface area contributed by atoms with Crippen LogP contribution in [0, 0.1) is 0 Å². The summed E-state index contributed by atoms with van der Waals surface area (Å²) in [6, 6.07) is 0. The molecule has 0 aliphatic carbocycles. The maximum absolute atomic E-state index is 10.7. The highest BCUT2D eigenvalue weighted by Gasteiger charge is 2.00. The van der Waals surface area contributed by atoms with Crippen molar-refractivity contribution in [1.29, 1.82) is 0 Å². The van der Waals surface area contributed by atoms with E-state index in [2.05, 4.69) is 14.7 Å². The Hall–Kier alpha value is -1.45. The summed E-state index contributed by atoms with van der Waals surface area (Å²) < 4.78 is 4.49. The minimum absolute atomic E-state index is 0.209. The van der Waals surface area contributed by atoms with Crippen molar-refractivity contribution in [2.24, 2.45) is 0 Å². The number of carbonyl (C=O) groups is 1. The molecular formula is C8H10N2O2. The van der Waals surface area contributed by atoms with Crippen LogP contribution >= 0.6 is 0 Å². The minimum atomic E-state index is -0.209. The zero-order valence-electron chi connectivity index (χ0n) is 6.86. The molecule has 0 saturated carbocycles. The summed E-state index contributed by atoms with van der Waals surface area (Å²) in [5.41, 5.74) is 0.947. The molecule has 0 radical (unpaired) electrons. The van der Waals surface area contributed by atoms with Gasteiger partial charge >= 0.3 is 5.97 Å². The van der Waals surface area contributed by atoms with Gasteiger partial charge in [0.05, 0.1) is 7.11 Å². The van der Waals surface area contributed by atoms with E-state index in [4.69, 9.17) is 0 Å². The van der Waals surface area contributed by atoms with Gasteiger partial charge < -0.3 is 4.74 Å². The molecule has 12 heavy (non-hydrogen) atoms. The van der Waals surface area contributed by atoms with Gasteiger partial charge in [0.1, 0.15) is 6.33 Å². The standard InChI is InChI=1S/C8H10N2O2/c1-12-8(11)3-2-7-4-9-6-10-5-7/h4-6H,2-3H2,1H3. The lowest BCUT2D eigenvalue weighted by molar-refractivity contribution is -0.140. The molecule has 4 heteroatoms. The maximum atomic E-state index is 10.7. The summed E-state index contributed by atoms with van der Waals surface area (Å²) >= 11 is 0. The van der Waals surface area contributed by atoms with Gasteiger partial charge in [-0.1, -0.05) is 0 Å². The van der Waals surface area contributed by atoms with E-state index in [0.717, 1.165) is 5.56 Å². The molecule has 0 bridgehead atoms. The molecule has 0 aliphatic heterocycles. The van der Waals surface area contributed by atoms with E-state index in [9.17, 15) is 4.79 Å². The van der Waals surface area contributed by atoms with Crippen molar-refractivity contribution in [3.8, 4) is 0 Å². The summed E-state index contributed by atoms with van der Waals surface area (Å²) in [6.07, 6.45) is 5.85. The molecule has 1 rings (SSSR count). The quantitative estimate of drug-likeness (QED) is 0.616. The van der Waals surface area contributed by atoms with E-state index in [1.54, 1.807) is 12.4 Å². The fraction of sp³-hybridized carbons (Fsp3) is 0.375. The van der Waals surface area contributed by atoms with Crippen LogP contribution in [0.4, 0.5) is 0 Å². The smallest absolute Gasteiger partial charge is 0.305 e. The molecule has 1 heterocycles. The summed E-state index contributed by atoms with van der Waals surface area (Å²) in [4.78, 5) is 18.4. The van der Waals surface area contributed by atoms with Crippen LogP contribution < -0.4 is 0 Å². The molecule has 0 atom stereocenters. The number of hydrogen-bond donors (Lipinski definition) is 0. The molecular weight excluding hydrogens is 156 g/mol. The van der Waals surface area contributed by atoms with E-state index in [1.165, 1.54) is 13.4 Å². The highest BCUT2D eigenvalue weighted by molar-refractivity contribution is 5.69. The van der Waals surface area contributed by atoms with Gasteiger partial charge in [-0.25, -0.2) is 9.97 Å². The lowest BCUT2D eigenvalue weighted by Gasteiger charge is -1.97. The molecule has 4 nitrogen and oxygen atoms in total. The van der Waals surface area contributed by atoms with E-state index in [0.29, 0.717) is 12.8 Å². The molecule has 0 aliphatic rings. The first-order valence-electron chi connectivity index (χ1n) is 3.63. The van der Waals surface area contributed by atoms with Gasteiger partial charge in [-0.2, -0.15) is 0 Å². The van der Waals surface area contributed by atoms with Crippen LogP contribution in [0.2, 0.25) is 0 Å². The second kappa shape index (κ2) is 4.43. The first-order chi connectivity index (χ1) is 5.83. The first kappa shape index (κ1) is 8.64. The largest absolute Gasteiger partial charge is 0.469 e. The SMILES string of the molecule is COC(=O)CCc1cncnc1. The Morgan fingerprint density at radius 2 is 2.17 bits per heavy atom. The zero-order valence-corrected chi connectivity index (χ0v) is 6.86. The third kappa shape index (κ3) is 2.65. The van der Waals surface area contributed by atoms with Crippen LogP contribution in [0.3, 0.4) is 0 Å². The Labute approximate surface area is 70.6 Å². The lowest BCUT2D eigenvalue weighted by atomic mass is 10.2. The first-order valence-corrected chi connectivity index (χ1v) is 3.63. The number of nitrogens with zero attached hydrogens (tertiary/aromatic N) is 2. The van der Waals surface area contributed by atoms with E-state index < -0.39 is 0 Å². The number of esters is 1. The van der Waals surface area contributed by atoms with Crippen LogP contribution in [-0.2, 0) is 16.0 Å². The predicted octanol–water partition coefficient (Wildman–Crippen LogP) is 0.582. The highest BCUT2D eigenvalue weighted by Crippen LogP contribution is 1.98. The second-order valence-corrected chi connectivity index (χ2v) is 2.32. The Balaban J connectivity index is 2.38. The average molecular weight is 166 g/mol. The predicted molar refractivity (Wildman–Crippen MR) is 42.4 cm³/mol. The number of aryl methyl sites for hydroxylation is 1. The van der Waals surface area contributed by atoms with E-state index >= 15 is 0 Å². The summed E-state index contributed by atoms with van der Waals surface area (Å²) in [5.74, 6) is -0.209. The lowest BCUT2D eigenvalue weighted by Crippen LogP contribution is -2.02. The van der Waals surface area contributed by atoms with Gasteiger partial charge in [0.15, 0.2) is 0 Å². The topological polar surface area (TPSA) is 52.1 Å². The summed E-state index contributed by atoms with van der Waals surface area (Å²) in [5, 5.41) is 0. The maximum Gasteiger partial charge on any atom is 0.305 e. The van der Waals surface area contributed by atoms with Crippen LogP contribution in [0.1, 0.15) is 12.0 Å². The molecule has 0 fully saturated rings. The van der Waals surface area contributed by atoms with Crippen molar-refractivity contribution < 1.29 is 9.53 Å². The fourth-order valence-electron chi connectivity index (χ4n) is 0.808. The third-order valence-corrected chi connectivity index (χ3v) is 1.46. The number of rotatable bonds is 3. The molecule has 0 unspecified atom stereocenters. The third-order valence-electron chi connectivity index (χ3n) is 1.46.